The molecule has 38 heavy (non-hydrogen) atoms. The van der Waals surface area contributed by atoms with Crippen molar-refractivity contribution >= 4 is 51.6 Å². The first-order valence-electron chi connectivity index (χ1n) is 12.5. The Hall–Kier alpha value is -3.52. The summed E-state index contributed by atoms with van der Waals surface area (Å²) in [5.74, 6) is -1.86. The fourth-order valence-electron chi connectivity index (χ4n) is 6.62. The number of fused-ring (bicyclic) bond motifs is 8. The van der Waals surface area contributed by atoms with E-state index in [2.05, 4.69) is 5.32 Å². The Labute approximate surface area is 228 Å². The van der Waals surface area contributed by atoms with Gasteiger partial charge in [-0.15, -0.1) is 0 Å². The van der Waals surface area contributed by atoms with Crippen molar-refractivity contribution in [2.45, 2.75) is 25.4 Å². The third-order valence-corrected chi connectivity index (χ3v) is 8.72. The molecule has 0 radical (unpaired) electrons. The van der Waals surface area contributed by atoms with Crippen molar-refractivity contribution in [2.24, 2.45) is 17.8 Å². The van der Waals surface area contributed by atoms with Gasteiger partial charge in [0.25, 0.3) is 5.56 Å². The van der Waals surface area contributed by atoms with Gasteiger partial charge >= 0.3 is 0 Å². The van der Waals surface area contributed by atoms with Crippen LogP contribution in [-0.2, 0) is 15.1 Å². The third-order valence-electron chi connectivity index (χ3n) is 8.16. The largest absolute Gasteiger partial charge is 0.296 e. The number of carbonyl (C=O) groups excluding carboxylic acids is 2. The molecule has 2 amide bonds. The summed E-state index contributed by atoms with van der Waals surface area (Å²) in [6, 6.07) is 19.1. The zero-order chi connectivity index (χ0) is 26.5. The molecule has 4 aromatic rings. The number of nitrogens with one attached hydrogen (secondary N) is 1. The van der Waals surface area contributed by atoms with E-state index in [4.69, 9.17) is 28.2 Å². The van der Waals surface area contributed by atoms with E-state index >= 15 is 0 Å². The molecule has 4 atom stereocenters. The van der Waals surface area contributed by atoms with Gasteiger partial charge in [-0.25, -0.2) is 9.88 Å². The summed E-state index contributed by atoms with van der Waals surface area (Å²) in [7, 11) is 0. The van der Waals surface area contributed by atoms with Crippen LogP contribution in [0.3, 0.4) is 0 Å². The van der Waals surface area contributed by atoms with Crippen LogP contribution >= 0.6 is 23.2 Å². The van der Waals surface area contributed by atoms with Crippen LogP contribution in [0.5, 0.6) is 0 Å². The third kappa shape index (κ3) is 2.84. The molecule has 1 spiro atoms. The smallest absolute Gasteiger partial charge is 0.266 e. The summed E-state index contributed by atoms with van der Waals surface area (Å²) in [6.45, 7) is 4.03. The Bertz CT molecular complexity index is 1770. The molecule has 190 valence electrons. The van der Waals surface area contributed by atoms with Gasteiger partial charge in [-0.05, 0) is 42.3 Å². The molecule has 3 aliphatic rings. The van der Waals surface area contributed by atoms with E-state index < -0.39 is 23.3 Å². The highest BCUT2D eigenvalue weighted by atomic mass is 35.5. The lowest BCUT2D eigenvalue weighted by atomic mass is 9.75. The van der Waals surface area contributed by atoms with E-state index in [0.29, 0.717) is 27.4 Å². The minimum absolute atomic E-state index is 0.00167. The maximum Gasteiger partial charge on any atom is 0.266 e. The Kier molecular flexibility index (Phi) is 4.96. The van der Waals surface area contributed by atoms with Crippen LogP contribution in [0, 0.1) is 17.8 Å². The molecule has 0 unspecified atom stereocenters. The van der Waals surface area contributed by atoms with Crippen LogP contribution in [0.2, 0.25) is 10.0 Å². The second kappa shape index (κ2) is 7.99. The second-order valence-electron chi connectivity index (χ2n) is 10.4. The lowest BCUT2D eigenvalue weighted by Gasteiger charge is -2.32. The standard InChI is InChI=1S/C29H22Cl2N4O3/c1-14(2)24-22-23(27(38)34(26(22)37)21-13-15(30)11-12-18(21)31)29(33-24)17-8-4-6-10-20(17)35-25(36)16-7-3-5-9-19(16)32-28(29)35/h3-14,22-24,33H,1-2H3/t22-,23-,24-,29-/m1/s1. The maximum atomic E-state index is 14.4. The van der Waals surface area contributed by atoms with Gasteiger partial charge in [0.15, 0.2) is 0 Å². The fraction of sp³-hybridized carbons (Fsp3) is 0.241. The average Bonchev–Trinajstić information content (AvgIpc) is 3.50. The van der Waals surface area contributed by atoms with E-state index in [1.54, 1.807) is 34.9 Å². The zero-order valence-electron chi connectivity index (χ0n) is 20.5. The van der Waals surface area contributed by atoms with Gasteiger partial charge in [0.2, 0.25) is 11.8 Å². The van der Waals surface area contributed by atoms with E-state index in [0.717, 1.165) is 5.56 Å². The van der Waals surface area contributed by atoms with Crippen molar-refractivity contribution in [1.29, 1.82) is 0 Å². The molecule has 1 N–H and O–H groups in total. The Morgan fingerprint density at radius 3 is 2.45 bits per heavy atom. The highest BCUT2D eigenvalue weighted by molar-refractivity contribution is 6.38. The quantitative estimate of drug-likeness (QED) is 0.370. The Morgan fingerprint density at radius 2 is 1.66 bits per heavy atom. The second-order valence-corrected chi connectivity index (χ2v) is 11.3. The number of anilines is 1. The van der Waals surface area contributed by atoms with Crippen molar-refractivity contribution in [1.82, 2.24) is 14.9 Å². The highest BCUT2D eigenvalue weighted by Gasteiger charge is 2.70. The van der Waals surface area contributed by atoms with Crippen molar-refractivity contribution in [3.8, 4) is 5.69 Å². The van der Waals surface area contributed by atoms with Gasteiger partial charge in [-0.3, -0.25) is 24.3 Å². The number of carbonyl (C=O) groups is 2. The molecule has 0 aliphatic carbocycles. The molecule has 0 saturated carbocycles. The van der Waals surface area contributed by atoms with Gasteiger partial charge in [-0.1, -0.05) is 67.4 Å². The number of hydrogen-bond acceptors (Lipinski definition) is 5. The summed E-state index contributed by atoms with van der Waals surface area (Å²) in [5.41, 5.74) is 0.795. The van der Waals surface area contributed by atoms with Crippen LogP contribution in [0.25, 0.3) is 16.6 Å². The molecular weight excluding hydrogens is 523 g/mol. The number of hydrogen-bond donors (Lipinski definition) is 1. The Morgan fingerprint density at radius 1 is 0.921 bits per heavy atom. The first kappa shape index (κ1) is 23.6. The SMILES string of the molecule is CC(C)[C@H]1N[C@]2(c3ccccc3-n3c2nc2ccccc2c3=O)[C@H]2C(=O)N(c3cc(Cl)ccc3Cl)C(=O)[C@@H]12. The lowest BCUT2D eigenvalue weighted by Crippen LogP contribution is -2.51. The number of benzene rings is 3. The molecule has 3 aromatic carbocycles. The number of aromatic nitrogens is 2. The lowest BCUT2D eigenvalue weighted by molar-refractivity contribution is -0.123. The predicted molar refractivity (Wildman–Crippen MR) is 146 cm³/mol. The van der Waals surface area contributed by atoms with Crippen molar-refractivity contribution < 1.29 is 9.59 Å². The zero-order valence-corrected chi connectivity index (χ0v) is 22.0. The molecule has 2 saturated heterocycles. The molecule has 3 aliphatic heterocycles. The molecule has 7 nitrogen and oxygen atoms in total. The van der Waals surface area contributed by atoms with Gasteiger partial charge in [0, 0.05) is 16.6 Å². The van der Waals surface area contributed by atoms with Gasteiger partial charge in [0.1, 0.15) is 11.4 Å². The normalized spacial score (nSPS) is 25.5. The number of rotatable bonds is 2. The summed E-state index contributed by atoms with van der Waals surface area (Å²) in [5, 5.41) is 4.79. The number of halogens is 2. The Balaban J connectivity index is 1.54. The van der Waals surface area contributed by atoms with E-state index in [1.807, 2.05) is 44.2 Å². The van der Waals surface area contributed by atoms with E-state index in [9.17, 15) is 14.4 Å². The average molecular weight is 545 g/mol. The van der Waals surface area contributed by atoms with Crippen molar-refractivity contribution in [3.05, 3.63) is 98.5 Å². The fourth-order valence-corrected chi connectivity index (χ4v) is 6.99. The van der Waals surface area contributed by atoms with Crippen LogP contribution in [0.4, 0.5) is 5.69 Å². The molecule has 7 rings (SSSR count). The van der Waals surface area contributed by atoms with E-state index in [1.165, 1.54) is 11.0 Å². The van der Waals surface area contributed by atoms with Crippen LogP contribution in [-0.4, -0.2) is 27.4 Å². The van der Waals surface area contributed by atoms with E-state index in [-0.39, 0.29) is 34.1 Å². The number of nitrogens with zero attached hydrogens (tertiary/aromatic N) is 3. The minimum atomic E-state index is -1.19. The molecule has 2 fully saturated rings. The van der Waals surface area contributed by atoms with Crippen LogP contribution < -0.4 is 15.8 Å². The molecule has 9 heteroatoms. The van der Waals surface area contributed by atoms with Crippen molar-refractivity contribution in [3.63, 3.8) is 0 Å². The van der Waals surface area contributed by atoms with Gasteiger partial charge in [0.05, 0.1) is 39.1 Å². The summed E-state index contributed by atoms with van der Waals surface area (Å²) in [6.07, 6.45) is 0. The van der Waals surface area contributed by atoms with Gasteiger partial charge in [-0.2, -0.15) is 0 Å². The summed E-state index contributed by atoms with van der Waals surface area (Å²) in [4.78, 5) is 48.5. The number of imide groups is 1. The molecule has 4 heterocycles. The first-order valence-corrected chi connectivity index (χ1v) is 13.2. The van der Waals surface area contributed by atoms with Crippen LogP contribution in [0.1, 0.15) is 25.2 Å². The monoisotopic (exact) mass is 544 g/mol. The molecule has 0 bridgehead atoms. The number of para-hydroxylation sites is 2. The minimum Gasteiger partial charge on any atom is -0.296 e. The van der Waals surface area contributed by atoms with Gasteiger partial charge < -0.3 is 0 Å². The molecule has 1 aromatic heterocycles. The summed E-state index contributed by atoms with van der Waals surface area (Å²) >= 11 is 12.7. The maximum absolute atomic E-state index is 14.4. The van der Waals surface area contributed by atoms with Crippen molar-refractivity contribution in [2.75, 3.05) is 4.90 Å². The summed E-state index contributed by atoms with van der Waals surface area (Å²) < 4.78 is 1.59. The van der Waals surface area contributed by atoms with Crippen LogP contribution in [0.15, 0.2) is 71.5 Å². The topological polar surface area (TPSA) is 84.3 Å². The highest BCUT2D eigenvalue weighted by Crippen LogP contribution is 2.56. The molecular formula is C29H22Cl2N4O3. The predicted octanol–water partition coefficient (Wildman–Crippen LogP) is 4.68. The first-order chi connectivity index (χ1) is 18.3. The number of amides is 2.